The molecule has 0 aliphatic carbocycles. The van der Waals surface area contributed by atoms with Gasteiger partial charge in [0.05, 0.1) is 32.9 Å². The van der Waals surface area contributed by atoms with Crippen LogP contribution >= 0.6 is 15.9 Å². The number of furan rings is 1. The van der Waals surface area contributed by atoms with Crippen LogP contribution in [0.15, 0.2) is 50.4 Å². The van der Waals surface area contributed by atoms with Gasteiger partial charge in [0.2, 0.25) is 10.0 Å². The Labute approximate surface area is 161 Å². The van der Waals surface area contributed by atoms with Crippen molar-refractivity contribution in [3.63, 3.8) is 0 Å². The summed E-state index contributed by atoms with van der Waals surface area (Å²) < 4.78 is 43.5. The van der Waals surface area contributed by atoms with E-state index in [1.165, 1.54) is 23.7 Å². The zero-order chi connectivity index (χ0) is 19.2. The number of carbonyl (C=O) groups is 1. The smallest absolute Gasteiger partial charge is 0.307 e. The van der Waals surface area contributed by atoms with E-state index in [9.17, 15) is 13.2 Å². The van der Waals surface area contributed by atoms with Crippen molar-refractivity contribution in [3.05, 3.63) is 46.8 Å². The maximum absolute atomic E-state index is 13.2. The monoisotopic (exact) mass is 445 g/mol. The molecule has 0 spiro atoms. The van der Waals surface area contributed by atoms with Crippen LogP contribution in [-0.2, 0) is 26.1 Å². The molecule has 0 bridgehead atoms. The Morgan fingerprint density at radius 3 is 2.69 bits per heavy atom. The topological polar surface area (TPSA) is 86.0 Å². The molecule has 2 rings (SSSR count). The second-order valence-electron chi connectivity index (χ2n) is 5.27. The lowest BCUT2D eigenvalue weighted by Crippen LogP contribution is -2.33. The molecule has 0 saturated heterocycles. The van der Waals surface area contributed by atoms with E-state index in [4.69, 9.17) is 13.9 Å². The molecule has 1 aromatic carbocycles. The van der Waals surface area contributed by atoms with Gasteiger partial charge in [-0.2, -0.15) is 4.31 Å². The van der Waals surface area contributed by atoms with Crippen molar-refractivity contribution >= 4 is 31.9 Å². The molecule has 0 aliphatic rings. The van der Waals surface area contributed by atoms with Crippen LogP contribution in [0.2, 0.25) is 0 Å². The van der Waals surface area contributed by atoms with Crippen LogP contribution in [0.3, 0.4) is 0 Å². The van der Waals surface area contributed by atoms with E-state index in [1.54, 1.807) is 31.2 Å². The average molecular weight is 446 g/mol. The van der Waals surface area contributed by atoms with Crippen molar-refractivity contribution in [1.82, 2.24) is 4.31 Å². The van der Waals surface area contributed by atoms with Gasteiger partial charge >= 0.3 is 5.97 Å². The molecular formula is C17H20BrNO6S. The first-order valence-electron chi connectivity index (χ1n) is 7.90. The van der Waals surface area contributed by atoms with E-state index >= 15 is 0 Å². The normalized spacial score (nSPS) is 11.5. The lowest BCUT2D eigenvalue weighted by molar-refractivity contribution is -0.143. The molecule has 2 aromatic rings. The number of esters is 1. The number of rotatable bonds is 9. The van der Waals surface area contributed by atoms with Crippen molar-refractivity contribution < 1.29 is 27.1 Å². The summed E-state index contributed by atoms with van der Waals surface area (Å²) in [4.78, 5) is 11.7. The van der Waals surface area contributed by atoms with Gasteiger partial charge in [0.1, 0.15) is 16.4 Å². The standard InChI is InChI=1S/C17H20BrNO6S/c1-3-24-17(20)8-9-19(12-14-5-4-10-25-14)26(21,22)16-11-13(18)6-7-15(16)23-2/h4-7,10-11H,3,8-9,12H2,1-2H3. The molecule has 142 valence electrons. The fraction of sp³-hybridized carbons (Fsp3) is 0.353. The predicted molar refractivity (Wildman–Crippen MR) is 98.2 cm³/mol. The molecule has 0 radical (unpaired) electrons. The molecule has 1 aromatic heterocycles. The zero-order valence-electron chi connectivity index (χ0n) is 14.5. The molecule has 0 amide bonds. The van der Waals surface area contributed by atoms with E-state index in [-0.39, 0.29) is 36.8 Å². The number of benzene rings is 1. The number of sulfonamides is 1. The van der Waals surface area contributed by atoms with Crippen LogP contribution in [-0.4, -0.2) is 39.0 Å². The minimum atomic E-state index is -3.94. The Morgan fingerprint density at radius 1 is 1.31 bits per heavy atom. The van der Waals surface area contributed by atoms with Crippen LogP contribution in [0.1, 0.15) is 19.1 Å². The van der Waals surface area contributed by atoms with Gasteiger partial charge in [-0.25, -0.2) is 8.42 Å². The quantitative estimate of drug-likeness (QED) is 0.550. The number of nitrogens with zero attached hydrogens (tertiary/aromatic N) is 1. The highest BCUT2D eigenvalue weighted by Gasteiger charge is 2.29. The lowest BCUT2D eigenvalue weighted by Gasteiger charge is -2.22. The van der Waals surface area contributed by atoms with Gasteiger partial charge in [0.25, 0.3) is 0 Å². The maximum atomic E-state index is 13.2. The number of hydrogen-bond donors (Lipinski definition) is 0. The van der Waals surface area contributed by atoms with Gasteiger partial charge in [-0.15, -0.1) is 0 Å². The third kappa shape index (κ3) is 5.09. The second kappa shape index (κ2) is 9.20. The summed E-state index contributed by atoms with van der Waals surface area (Å²) in [5.74, 6) is 0.216. The summed E-state index contributed by atoms with van der Waals surface area (Å²) in [5, 5.41) is 0. The van der Waals surface area contributed by atoms with Gasteiger partial charge < -0.3 is 13.9 Å². The number of carbonyl (C=O) groups excluding carboxylic acids is 1. The van der Waals surface area contributed by atoms with Crippen LogP contribution in [0.5, 0.6) is 5.75 Å². The Hall–Kier alpha value is -1.84. The Kier molecular flexibility index (Phi) is 7.24. The fourth-order valence-electron chi connectivity index (χ4n) is 2.30. The van der Waals surface area contributed by atoms with E-state index in [2.05, 4.69) is 15.9 Å². The molecule has 0 aliphatic heterocycles. The van der Waals surface area contributed by atoms with Crippen LogP contribution in [0, 0.1) is 0 Å². The Morgan fingerprint density at radius 2 is 2.08 bits per heavy atom. The highest BCUT2D eigenvalue weighted by molar-refractivity contribution is 9.10. The predicted octanol–water partition coefficient (Wildman–Crippen LogP) is 3.19. The summed E-state index contributed by atoms with van der Waals surface area (Å²) >= 11 is 3.28. The van der Waals surface area contributed by atoms with E-state index < -0.39 is 16.0 Å². The molecule has 0 N–H and O–H groups in total. The minimum absolute atomic E-state index is 0.00444. The number of hydrogen-bond acceptors (Lipinski definition) is 6. The molecule has 1 heterocycles. The van der Waals surface area contributed by atoms with Gasteiger partial charge in [0, 0.05) is 11.0 Å². The van der Waals surface area contributed by atoms with Gasteiger partial charge in [0.15, 0.2) is 0 Å². The highest BCUT2D eigenvalue weighted by atomic mass is 79.9. The first kappa shape index (κ1) is 20.5. The van der Waals surface area contributed by atoms with Crippen molar-refractivity contribution in [2.45, 2.75) is 24.8 Å². The largest absolute Gasteiger partial charge is 0.495 e. The third-order valence-electron chi connectivity index (χ3n) is 3.53. The van der Waals surface area contributed by atoms with Crippen molar-refractivity contribution in [1.29, 1.82) is 0 Å². The average Bonchev–Trinajstić information content (AvgIpc) is 3.11. The van der Waals surface area contributed by atoms with Gasteiger partial charge in [-0.1, -0.05) is 15.9 Å². The minimum Gasteiger partial charge on any atom is -0.495 e. The number of ether oxygens (including phenoxy) is 2. The summed E-state index contributed by atoms with van der Waals surface area (Å²) in [5.41, 5.74) is 0. The molecule has 0 atom stereocenters. The summed E-state index contributed by atoms with van der Waals surface area (Å²) in [6.07, 6.45) is 1.40. The maximum Gasteiger partial charge on any atom is 0.307 e. The van der Waals surface area contributed by atoms with Crippen LogP contribution in [0.25, 0.3) is 0 Å². The van der Waals surface area contributed by atoms with Crippen molar-refractivity contribution in [3.8, 4) is 5.75 Å². The van der Waals surface area contributed by atoms with Crippen molar-refractivity contribution in [2.75, 3.05) is 20.3 Å². The first-order valence-corrected chi connectivity index (χ1v) is 10.1. The second-order valence-corrected chi connectivity index (χ2v) is 8.09. The van der Waals surface area contributed by atoms with E-state index in [0.29, 0.717) is 10.2 Å². The molecule has 0 fully saturated rings. The molecular weight excluding hydrogens is 426 g/mol. The van der Waals surface area contributed by atoms with Gasteiger partial charge in [-0.3, -0.25) is 4.79 Å². The number of halogens is 1. The first-order chi connectivity index (χ1) is 12.4. The zero-order valence-corrected chi connectivity index (χ0v) is 16.9. The molecule has 0 unspecified atom stereocenters. The van der Waals surface area contributed by atoms with Crippen LogP contribution in [0.4, 0.5) is 0 Å². The summed E-state index contributed by atoms with van der Waals surface area (Å²) in [6.45, 7) is 1.88. The summed E-state index contributed by atoms with van der Waals surface area (Å²) in [6, 6.07) is 8.06. The fourth-order valence-corrected chi connectivity index (χ4v) is 4.40. The SMILES string of the molecule is CCOC(=O)CCN(Cc1ccco1)S(=O)(=O)c1cc(Br)ccc1OC. The van der Waals surface area contributed by atoms with E-state index in [0.717, 1.165) is 0 Å². The number of methoxy groups -OCH3 is 1. The van der Waals surface area contributed by atoms with Gasteiger partial charge in [-0.05, 0) is 37.3 Å². The van der Waals surface area contributed by atoms with Crippen LogP contribution < -0.4 is 4.74 Å². The van der Waals surface area contributed by atoms with Crippen molar-refractivity contribution in [2.24, 2.45) is 0 Å². The van der Waals surface area contributed by atoms with E-state index in [1.807, 2.05) is 0 Å². The third-order valence-corrected chi connectivity index (χ3v) is 5.89. The molecule has 7 nitrogen and oxygen atoms in total. The lowest BCUT2D eigenvalue weighted by atomic mass is 10.3. The molecule has 9 heteroatoms. The summed E-state index contributed by atoms with van der Waals surface area (Å²) in [7, 11) is -2.54. The molecule has 0 saturated carbocycles. The highest BCUT2D eigenvalue weighted by Crippen LogP contribution is 2.30. The Balaban J connectivity index is 2.35. The Bertz CT molecular complexity index is 835. The molecule has 26 heavy (non-hydrogen) atoms.